The van der Waals surface area contributed by atoms with Crippen LogP contribution in [0.2, 0.25) is 0 Å². The van der Waals surface area contributed by atoms with Crippen molar-refractivity contribution < 1.29 is 4.57 Å². The van der Waals surface area contributed by atoms with Crippen LogP contribution in [0.15, 0.2) is 45.0 Å². The monoisotopic (exact) mass is 377 g/mol. The molecule has 0 amide bonds. The van der Waals surface area contributed by atoms with Crippen molar-refractivity contribution >= 4 is 66.4 Å². The molecule has 0 radical (unpaired) electrons. The minimum absolute atomic E-state index is 1.02. The van der Waals surface area contributed by atoms with E-state index in [4.69, 9.17) is 0 Å². The molecular weight excluding hydrogens is 360 g/mol. The van der Waals surface area contributed by atoms with E-state index in [1.165, 1.54) is 29.5 Å². The van der Waals surface area contributed by atoms with Crippen molar-refractivity contribution in [2.75, 3.05) is 11.4 Å². The van der Waals surface area contributed by atoms with Crippen molar-refractivity contribution in [1.82, 2.24) is 0 Å². The molecule has 4 heterocycles. The van der Waals surface area contributed by atoms with Gasteiger partial charge in [0.25, 0.3) is 9.84 Å². The first kappa shape index (κ1) is 15.4. The van der Waals surface area contributed by atoms with Gasteiger partial charge in [-0.05, 0) is 42.8 Å². The normalized spacial score (nSPS) is 16.3. The minimum Gasteiger partial charge on any atom is -0.327 e. The van der Waals surface area contributed by atoms with Gasteiger partial charge in [-0.25, -0.2) is 0 Å². The van der Waals surface area contributed by atoms with E-state index in [1.807, 2.05) is 45.8 Å². The third-order valence-corrected chi connectivity index (χ3v) is 8.14. The summed E-state index contributed by atoms with van der Waals surface area (Å²) < 4.78 is 3.78. The van der Waals surface area contributed by atoms with Gasteiger partial charge >= 0.3 is 0 Å². The van der Waals surface area contributed by atoms with Crippen LogP contribution in [0, 0.1) is 0 Å². The summed E-state index contributed by atoms with van der Waals surface area (Å²) >= 11 is 7.40. The highest BCUT2D eigenvalue weighted by molar-refractivity contribution is 8.04. The van der Waals surface area contributed by atoms with Crippen molar-refractivity contribution in [2.24, 2.45) is 0 Å². The van der Waals surface area contributed by atoms with Crippen molar-refractivity contribution in [3.05, 3.63) is 45.1 Å². The lowest BCUT2D eigenvalue weighted by molar-refractivity contribution is -0.663. The number of rotatable bonds is 4. The molecule has 0 saturated heterocycles. The lowest BCUT2D eigenvalue weighted by atomic mass is 10.4. The zero-order chi connectivity index (χ0) is 15.8. The average Bonchev–Trinajstić information content (AvgIpc) is 3.26. The maximum Gasteiger partial charge on any atom is 0.280 e. The predicted octanol–water partition coefficient (Wildman–Crippen LogP) is 5.82. The molecule has 3 aromatic heterocycles. The van der Waals surface area contributed by atoms with Crippen LogP contribution in [0.4, 0.5) is 5.00 Å². The van der Waals surface area contributed by atoms with Gasteiger partial charge in [0.2, 0.25) is 0 Å². The topological polar surface area (TPSA) is 7.12 Å². The van der Waals surface area contributed by atoms with Crippen LogP contribution in [-0.4, -0.2) is 6.54 Å². The second-order valence-electron chi connectivity index (χ2n) is 5.07. The molecule has 6 heteroatoms. The molecule has 0 N–H and O–H groups in total. The van der Waals surface area contributed by atoms with E-state index in [-0.39, 0.29) is 0 Å². The summed E-state index contributed by atoms with van der Waals surface area (Å²) in [6, 6.07) is 4.44. The number of thiophene rings is 2. The summed E-state index contributed by atoms with van der Waals surface area (Å²) in [5.74, 6) is 0. The second kappa shape index (κ2) is 6.43. The maximum atomic E-state index is 2.40. The number of aromatic nitrogens is 1. The molecular formula is C17H17N2S4+. The number of anilines is 1. The summed E-state index contributed by atoms with van der Waals surface area (Å²) in [5, 5.41) is 8.39. The van der Waals surface area contributed by atoms with Gasteiger partial charge in [-0.15, -0.1) is 11.3 Å². The van der Waals surface area contributed by atoms with Crippen LogP contribution < -0.4 is 9.47 Å². The Morgan fingerprint density at radius 2 is 2.04 bits per heavy atom. The molecule has 0 aromatic carbocycles. The molecule has 2 nitrogen and oxygen atoms in total. The molecule has 0 saturated carbocycles. The first-order chi connectivity index (χ1) is 11.3. The summed E-state index contributed by atoms with van der Waals surface area (Å²) in [4.78, 5) is 5.17. The van der Waals surface area contributed by atoms with Crippen LogP contribution in [0.25, 0.3) is 15.6 Å². The fourth-order valence-corrected chi connectivity index (χ4v) is 7.37. The number of hydrogen-bond acceptors (Lipinski definition) is 5. The Bertz CT molecular complexity index is 897. The molecule has 0 bridgehead atoms. The SMILES string of the molecule is CCN1C(=CC=Cc2sc3ccsc3[n+]2CC)Sc2ccsc21. The number of nitrogens with zero attached hydrogens (tertiary/aromatic N) is 2. The molecule has 1 aliphatic rings. The Labute approximate surface area is 152 Å². The Morgan fingerprint density at radius 3 is 2.87 bits per heavy atom. The van der Waals surface area contributed by atoms with Gasteiger partial charge < -0.3 is 4.90 Å². The molecule has 23 heavy (non-hydrogen) atoms. The lowest BCUT2D eigenvalue weighted by Crippen LogP contribution is -2.32. The van der Waals surface area contributed by atoms with Crippen LogP contribution in [0.5, 0.6) is 0 Å². The standard InChI is InChI=1S/C17H17N2S4/c1-3-18-14(22-12-8-10-20-16(12)18)6-5-7-15-19(4-2)17-13(23-15)9-11-21-17/h5-11H,3-4H2,1-2H3/q+1. The number of fused-ring (bicyclic) bond motifs is 2. The van der Waals surface area contributed by atoms with Crippen LogP contribution in [0.3, 0.4) is 0 Å². The third-order valence-electron chi connectivity index (χ3n) is 3.78. The third kappa shape index (κ3) is 2.67. The van der Waals surface area contributed by atoms with Crippen molar-refractivity contribution in [3.8, 4) is 0 Å². The van der Waals surface area contributed by atoms with E-state index in [0.29, 0.717) is 0 Å². The van der Waals surface area contributed by atoms with Gasteiger partial charge in [-0.2, -0.15) is 4.57 Å². The summed E-state index contributed by atoms with van der Waals surface area (Å²) in [7, 11) is 0. The number of thiazole rings is 1. The summed E-state index contributed by atoms with van der Waals surface area (Å²) in [6.45, 7) is 6.46. The van der Waals surface area contributed by atoms with E-state index in [0.717, 1.165) is 13.1 Å². The smallest absolute Gasteiger partial charge is 0.280 e. The zero-order valence-corrected chi connectivity index (χ0v) is 16.2. The van der Waals surface area contributed by atoms with Gasteiger partial charge in [0.1, 0.15) is 16.2 Å². The maximum absolute atomic E-state index is 2.40. The number of allylic oxidation sites excluding steroid dienone is 2. The van der Waals surface area contributed by atoms with Gasteiger partial charge in [0.15, 0.2) is 0 Å². The van der Waals surface area contributed by atoms with Crippen LogP contribution in [-0.2, 0) is 6.54 Å². The van der Waals surface area contributed by atoms with E-state index < -0.39 is 0 Å². The lowest BCUT2D eigenvalue weighted by Gasteiger charge is -2.15. The first-order valence-corrected chi connectivity index (χ1v) is 11.0. The largest absolute Gasteiger partial charge is 0.327 e. The molecule has 4 rings (SSSR count). The zero-order valence-electron chi connectivity index (χ0n) is 13.0. The highest BCUT2D eigenvalue weighted by Gasteiger charge is 2.24. The van der Waals surface area contributed by atoms with E-state index in [1.54, 1.807) is 0 Å². The average molecular weight is 378 g/mol. The molecule has 0 atom stereocenters. The molecule has 0 spiro atoms. The van der Waals surface area contributed by atoms with Crippen LogP contribution >= 0.6 is 45.8 Å². The molecule has 118 valence electrons. The quantitative estimate of drug-likeness (QED) is 0.529. The molecule has 0 fully saturated rings. The second-order valence-corrected chi connectivity index (χ2v) is 8.99. The summed E-state index contributed by atoms with van der Waals surface area (Å²) in [5.41, 5.74) is 0. The van der Waals surface area contributed by atoms with Gasteiger partial charge in [-0.1, -0.05) is 40.5 Å². The first-order valence-electron chi connectivity index (χ1n) is 7.63. The molecule has 0 unspecified atom stereocenters. The Hall–Kier alpha value is -1.08. The fourth-order valence-electron chi connectivity index (χ4n) is 2.72. The Morgan fingerprint density at radius 1 is 1.17 bits per heavy atom. The van der Waals surface area contributed by atoms with Gasteiger partial charge in [0.05, 0.1) is 5.03 Å². The molecule has 0 aliphatic carbocycles. The Balaban J connectivity index is 1.61. The fraction of sp³-hybridized carbons (Fsp3) is 0.235. The predicted molar refractivity (Wildman–Crippen MR) is 106 cm³/mol. The number of hydrogen-bond donors (Lipinski definition) is 0. The molecule has 1 aliphatic heterocycles. The number of thioether (sulfide) groups is 1. The van der Waals surface area contributed by atoms with Crippen molar-refractivity contribution in [2.45, 2.75) is 25.3 Å². The Kier molecular flexibility index (Phi) is 4.32. The van der Waals surface area contributed by atoms with Crippen molar-refractivity contribution in [3.63, 3.8) is 0 Å². The highest BCUT2D eigenvalue weighted by atomic mass is 32.2. The minimum atomic E-state index is 1.02. The van der Waals surface area contributed by atoms with Gasteiger partial charge in [-0.3, -0.25) is 0 Å². The van der Waals surface area contributed by atoms with Crippen LogP contribution in [0.1, 0.15) is 18.9 Å². The number of aryl methyl sites for hydroxylation is 1. The van der Waals surface area contributed by atoms with Gasteiger partial charge in [0, 0.05) is 17.5 Å². The highest BCUT2D eigenvalue weighted by Crippen LogP contribution is 2.48. The molecule has 3 aromatic rings. The van der Waals surface area contributed by atoms with E-state index in [2.05, 4.69) is 64.4 Å². The summed E-state index contributed by atoms with van der Waals surface area (Å²) in [6.07, 6.45) is 6.69. The van der Waals surface area contributed by atoms with E-state index >= 15 is 0 Å². The van der Waals surface area contributed by atoms with E-state index in [9.17, 15) is 0 Å². The van der Waals surface area contributed by atoms with Crippen molar-refractivity contribution in [1.29, 1.82) is 0 Å².